The van der Waals surface area contributed by atoms with Crippen LogP contribution in [0.4, 0.5) is 11.6 Å². The second-order valence-corrected chi connectivity index (χ2v) is 2.94. The van der Waals surface area contributed by atoms with Crippen LogP contribution in [0.1, 0.15) is 10.4 Å². The fraction of sp³-hybridized carbons (Fsp3) is 0. The SMILES string of the molecule is O=Cc1ccc(Nc2ncccn2)cc1. The molecule has 2 aromatic rings. The van der Waals surface area contributed by atoms with Gasteiger partial charge >= 0.3 is 0 Å². The molecule has 1 N–H and O–H groups in total. The first kappa shape index (κ1) is 9.33. The minimum absolute atomic E-state index is 0.538. The smallest absolute Gasteiger partial charge is 0.227 e. The van der Waals surface area contributed by atoms with Crippen LogP contribution in [0.2, 0.25) is 0 Å². The van der Waals surface area contributed by atoms with Gasteiger partial charge in [-0.05, 0) is 30.3 Å². The molecule has 0 amide bonds. The summed E-state index contributed by atoms with van der Waals surface area (Å²) in [5.41, 5.74) is 1.50. The fourth-order valence-corrected chi connectivity index (χ4v) is 1.14. The summed E-state index contributed by atoms with van der Waals surface area (Å²) in [6, 6.07) is 8.83. The first-order valence-corrected chi connectivity index (χ1v) is 4.48. The van der Waals surface area contributed by atoms with Crippen LogP contribution in [0.5, 0.6) is 0 Å². The van der Waals surface area contributed by atoms with Gasteiger partial charge in [-0.15, -0.1) is 0 Å². The Kier molecular flexibility index (Phi) is 2.69. The number of carbonyl (C=O) groups excluding carboxylic acids is 1. The Hall–Kier alpha value is -2.23. The van der Waals surface area contributed by atoms with Gasteiger partial charge in [0.05, 0.1) is 0 Å². The van der Waals surface area contributed by atoms with Gasteiger partial charge in [0.2, 0.25) is 5.95 Å². The molecule has 4 heteroatoms. The summed E-state index contributed by atoms with van der Waals surface area (Å²) in [5, 5.41) is 3.02. The fourth-order valence-electron chi connectivity index (χ4n) is 1.14. The highest BCUT2D eigenvalue weighted by molar-refractivity contribution is 5.75. The number of carbonyl (C=O) groups is 1. The number of hydrogen-bond donors (Lipinski definition) is 1. The summed E-state index contributed by atoms with van der Waals surface area (Å²) in [5.74, 6) is 0.538. The van der Waals surface area contributed by atoms with Crippen LogP contribution in [0, 0.1) is 0 Å². The average Bonchev–Trinajstić information content (AvgIpc) is 2.31. The molecule has 1 aromatic heterocycles. The lowest BCUT2D eigenvalue weighted by Crippen LogP contribution is -1.95. The average molecular weight is 199 g/mol. The Morgan fingerprint density at radius 1 is 1.07 bits per heavy atom. The van der Waals surface area contributed by atoms with Crippen LogP contribution in [0.15, 0.2) is 42.7 Å². The van der Waals surface area contributed by atoms with Crippen molar-refractivity contribution in [2.24, 2.45) is 0 Å². The predicted octanol–water partition coefficient (Wildman–Crippen LogP) is 2.03. The Morgan fingerprint density at radius 3 is 2.33 bits per heavy atom. The second-order valence-electron chi connectivity index (χ2n) is 2.94. The Morgan fingerprint density at radius 2 is 1.73 bits per heavy atom. The summed E-state index contributed by atoms with van der Waals surface area (Å²) >= 11 is 0. The molecule has 0 saturated heterocycles. The van der Waals surface area contributed by atoms with Crippen molar-refractivity contribution in [3.05, 3.63) is 48.3 Å². The Balaban J connectivity index is 2.15. The molecular weight excluding hydrogens is 190 g/mol. The molecule has 0 aliphatic rings. The van der Waals surface area contributed by atoms with E-state index in [-0.39, 0.29) is 0 Å². The number of anilines is 2. The quantitative estimate of drug-likeness (QED) is 0.768. The van der Waals surface area contributed by atoms with E-state index < -0.39 is 0 Å². The van der Waals surface area contributed by atoms with Crippen LogP contribution in [-0.2, 0) is 0 Å². The predicted molar refractivity (Wildman–Crippen MR) is 57.1 cm³/mol. The molecule has 15 heavy (non-hydrogen) atoms. The Labute approximate surface area is 87.0 Å². The third-order valence-corrected chi connectivity index (χ3v) is 1.87. The van der Waals surface area contributed by atoms with Gasteiger partial charge in [-0.1, -0.05) is 0 Å². The molecule has 1 aromatic carbocycles. The van der Waals surface area contributed by atoms with Gasteiger partial charge in [0, 0.05) is 23.6 Å². The van der Waals surface area contributed by atoms with Gasteiger partial charge in [-0.25, -0.2) is 9.97 Å². The minimum atomic E-state index is 0.538. The number of hydrogen-bond acceptors (Lipinski definition) is 4. The van der Waals surface area contributed by atoms with Crippen molar-refractivity contribution in [2.75, 3.05) is 5.32 Å². The number of nitrogens with one attached hydrogen (secondary N) is 1. The third kappa shape index (κ3) is 2.37. The van der Waals surface area contributed by atoms with Crippen molar-refractivity contribution in [3.8, 4) is 0 Å². The maximum Gasteiger partial charge on any atom is 0.227 e. The number of aromatic nitrogens is 2. The number of benzene rings is 1. The molecule has 74 valence electrons. The van der Waals surface area contributed by atoms with Gasteiger partial charge in [0.25, 0.3) is 0 Å². The summed E-state index contributed by atoms with van der Waals surface area (Å²) in [4.78, 5) is 18.5. The molecule has 0 atom stereocenters. The standard InChI is InChI=1S/C11H9N3O/c15-8-9-2-4-10(5-3-9)14-11-12-6-1-7-13-11/h1-8H,(H,12,13,14). The summed E-state index contributed by atoms with van der Waals surface area (Å²) in [6.45, 7) is 0. The van der Waals surface area contributed by atoms with E-state index >= 15 is 0 Å². The van der Waals surface area contributed by atoms with Crippen molar-refractivity contribution in [1.29, 1.82) is 0 Å². The van der Waals surface area contributed by atoms with Crippen molar-refractivity contribution in [2.45, 2.75) is 0 Å². The molecule has 1 heterocycles. The molecule has 0 spiro atoms. The first-order valence-electron chi connectivity index (χ1n) is 4.48. The Bertz CT molecular complexity index is 439. The van der Waals surface area contributed by atoms with Crippen molar-refractivity contribution >= 4 is 17.9 Å². The lowest BCUT2D eigenvalue weighted by molar-refractivity contribution is 0.112. The van der Waals surface area contributed by atoms with E-state index in [1.807, 2.05) is 0 Å². The van der Waals surface area contributed by atoms with Crippen LogP contribution < -0.4 is 5.32 Å². The van der Waals surface area contributed by atoms with E-state index in [1.54, 1.807) is 42.7 Å². The molecule has 0 aliphatic carbocycles. The monoisotopic (exact) mass is 199 g/mol. The van der Waals surface area contributed by atoms with Crippen molar-refractivity contribution < 1.29 is 4.79 Å². The van der Waals surface area contributed by atoms with Gasteiger partial charge in [-0.2, -0.15) is 0 Å². The zero-order chi connectivity index (χ0) is 10.5. The highest BCUT2D eigenvalue weighted by Gasteiger charge is 1.95. The number of nitrogens with zero attached hydrogens (tertiary/aromatic N) is 2. The number of rotatable bonds is 3. The zero-order valence-electron chi connectivity index (χ0n) is 7.92. The lowest BCUT2D eigenvalue weighted by Gasteiger charge is -2.03. The second kappa shape index (κ2) is 4.32. The van der Waals surface area contributed by atoms with Crippen LogP contribution in [-0.4, -0.2) is 16.3 Å². The molecule has 0 radical (unpaired) electrons. The van der Waals surface area contributed by atoms with Crippen LogP contribution >= 0.6 is 0 Å². The highest BCUT2D eigenvalue weighted by atomic mass is 16.1. The summed E-state index contributed by atoms with van der Waals surface area (Å²) < 4.78 is 0. The maximum atomic E-state index is 10.4. The van der Waals surface area contributed by atoms with E-state index in [9.17, 15) is 4.79 Å². The summed E-state index contributed by atoms with van der Waals surface area (Å²) in [6.07, 6.45) is 4.13. The molecular formula is C11H9N3O. The topological polar surface area (TPSA) is 54.9 Å². The number of aldehydes is 1. The van der Waals surface area contributed by atoms with E-state index in [4.69, 9.17) is 0 Å². The largest absolute Gasteiger partial charge is 0.324 e. The molecule has 4 nitrogen and oxygen atoms in total. The molecule has 0 saturated carbocycles. The van der Waals surface area contributed by atoms with Gasteiger partial charge in [0.1, 0.15) is 6.29 Å². The van der Waals surface area contributed by atoms with Crippen molar-refractivity contribution in [3.63, 3.8) is 0 Å². The van der Waals surface area contributed by atoms with E-state index in [1.165, 1.54) is 0 Å². The highest BCUT2D eigenvalue weighted by Crippen LogP contribution is 2.12. The zero-order valence-corrected chi connectivity index (χ0v) is 7.92. The minimum Gasteiger partial charge on any atom is -0.324 e. The maximum absolute atomic E-state index is 10.4. The van der Waals surface area contributed by atoms with Crippen LogP contribution in [0.25, 0.3) is 0 Å². The normalized spacial score (nSPS) is 9.60. The molecule has 0 bridgehead atoms. The molecule has 0 fully saturated rings. The van der Waals surface area contributed by atoms with Crippen LogP contribution in [0.3, 0.4) is 0 Å². The van der Waals surface area contributed by atoms with E-state index in [2.05, 4.69) is 15.3 Å². The van der Waals surface area contributed by atoms with Crippen molar-refractivity contribution in [1.82, 2.24) is 9.97 Å². The molecule has 0 aliphatic heterocycles. The molecule has 0 unspecified atom stereocenters. The third-order valence-electron chi connectivity index (χ3n) is 1.87. The van der Waals surface area contributed by atoms with Gasteiger partial charge < -0.3 is 5.32 Å². The molecule has 2 rings (SSSR count). The van der Waals surface area contributed by atoms with Gasteiger partial charge in [-0.3, -0.25) is 4.79 Å². The summed E-state index contributed by atoms with van der Waals surface area (Å²) in [7, 11) is 0. The lowest BCUT2D eigenvalue weighted by atomic mass is 10.2. The van der Waals surface area contributed by atoms with E-state index in [0.29, 0.717) is 11.5 Å². The first-order chi connectivity index (χ1) is 7.38. The van der Waals surface area contributed by atoms with E-state index in [0.717, 1.165) is 12.0 Å². The van der Waals surface area contributed by atoms with Gasteiger partial charge in [0.15, 0.2) is 0 Å².